The molecule has 1 aliphatic rings. The van der Waals surface area contributed by atoms with Crippen molar-refractivity contribution in [1.82, 2.24) is 0 Å². The SMILES string of the molecule is NC(c1ccc2c(c1)CCC2)c1ccccc1C(F)(F)F. The standard InChI is InChI=1S/C17H16F3N/c18-17(19,20)15-7-2-1-6-14(15)16(21)13-9-8-11-4-3-5-12(11)10-13/h1-2,6-10,16H,3-5,21H2. The molecular formula is C17H16F3N. The van der Waals surface area contributed by atoms with Gasteiger partial charge in [0.15, 0.2) is 0 Å². The summed E-state index contributed by atoms with van der Waals surface area (Å²) in [6.45, 7) is 0. The van der Waals surface area contributed by atoms with Crippen LogP contribution in [0, 0.1) is 0 Å². The fourth-order valence-corrected chi connectivity index (χ4v) is 2.99. The van der Waals surface area contributed by atoms with Crippen molar-refractivity contribution in [3.63, 3.8) is 0 Å². The minimum atomic E-state index is -4.38. The molecule has 0 radical (unpaired) electrons. The van der Waals surface area contributed by atoms with Crippen molar-refractivity contribution >= 4 is 0 Å². The van der Waals surface area contributed by atoms with Gasteiger partial charge in [0, 0.05) is 0 Å². The zero-order valence-electron chi connectivity index (χ0n) is 11.5. The van der Waals surface area contributed by atoms with Crippen molar-refractivity contribution in [2.24, 2.45) is 5.73 Å². The number of benzene rings is 2. The van der Waals surface area contributed by atoms with Crippen LogP contribution in [0.3, 0.4) is 0 Å². The Morgan fingerprint density at radius 3 is 2.43 bits per heavy atom. The van der Waals surface area contributed by atoms with Gasteiger partial charge in [-0.3, -0.25) is 0 Å². The van der Waals surface area contributed by atoms with Gasteiger partial charge < -0.3 is 5.73 Å². The molecule has 0 heterocycles. The van der Waals surface area contributed by atoms with Crippen molar-refractivity contribution < 1.29 is 13.2 Å². The first-order chi connectivity index (χ1) is 9.97. The number of fused-ring (bicyclic) bond motifs is 1. The third-order valence-electron chi connectivity index (χ3n) is 4.08. The Kier molecular flexibility index (Phi) is 3.49. The van der Waals surface area contributed by atoms with E-state index < -0.39 is 17.8 Å². The van der Waals surface area contributed by atoms with Crippen LogP contribution < -0.4 is 5.73 Å². The molecule has 21 heavy (non-hydrogen) atoms. The number of hydrogen-bond acceptors (Lipinski definition) is 1. The molecular weight excluding hydrogens is 275 g/mol. The zero-order valence-corrected chi connectivity index (χ0v) is 11.5. The average molecular weight is 291 g/mol. The Hall–Kier alpha value is -1.81. The lowest BCUT2D eigenvalue weighted by atomic mass is 9.93. The first-order valence-corrected chi connectivity index (χ1v) is 7.00. The van der Waals surface area contributed by atoms with E-state index in [1.54, 1.807) is 6.07 Å². The Morgan fingerprint density at radius 2 is 1.67 bits per heavy atom. The van der Waals surface area contributed by atoms with Gasteiger partial charge >= 0.3 is 6.18 Å². The second kappa shape index (κ2) is 5.19. The van der Waals surface area contributed by atoms with Crippen LogP contribution in [-0.4, -0.2) is 0 Å². The number of halogens is 3. The summed E-state index contributed by atoms with van der Waals surface area (Å²) >= 11 is 0. The largest absolute Gasteiger partial charge is 0.416 e. The Bertz CT molecular complexity index is 661. The smallest absolute Gasteiger partial charge is 0.320 e. The van der Waals surface area contributed by atoms with Gasteiger partial charge in [-0.2, -0.15) is 13.2 Å². The molecule has 0 aromatic heterocycles. The number of nitrogens with two attached hydrogens (primary N) is 1. The van der Waals surface area contributed by atoms with Gasteiger partial charge in [0.1, 0.15) is 0 Å². The monoisotopic (exact) mass is 291 g/mol. The summed E-state index contributed by atoms with van der Waals surface area (Å²) in [4.78, 5) is 0. The van der Waals surface area contributed by atoms with Crippen molar-refractivity contribution in [3.05, 3.63) is 70.3 Å². The molecule has 110 valence electrons. The first-order valence-electron chi connectivity index (χ1n) is 7.00. The van der Waals surface area contributed by atoms with E-state index in [1.165, 1.54) is 23.3 Å². The van der Waals surface area contributed by atoms with Crippen molar-refractivity contribution in [3.8, 4) is 0 Å². The molecule has 4 heteroatoms. The molecule has 2 aromatic rings. The highest BCUT2D eigenvalue weighted by Crippen LogP contribution is 2.36. The molecule has 1 atom stereocenters. The predicted molar refractivity (Wildman–Crippen MR) is 75.9 cm³/mol. The van der Waals surface area contributed by atoms with Crippen molar-refractivity contribution in [2.75, 3.05) is 0 Å². The van der Waals surface area contributed by atoms with E-state index in [0.29, 0.717) is 0 Å². The summed E-state index contributed by atoms with van der Waals surface area (Å²) in [5.41, 5.74) is 8.83. The number of rotatable bonds is 2. The molecule has 1 unspecified atom stereocenters. The third kappa shape index (κ3) is 2.68. The lowest BCUT2D eigenvalue weighted by Gasteiger charge is -2.19. The fourth-order valence-electron chi connectivity index (χ4n) is 2.99. The second-order valence-corrected chi connectivity index (χ2v) is 5.44. The van der Waals surface area contributed by atoms with Gasteiger partial charge in [0.25, 0.3) is 0 Å². The van der Waals surface area contributed by atoms with E-state index in [9.17, 15) is 13.2 Å². The van der Waals surface area contributed by atoms with Crippen LogP contribution in [0.2, 0.25) is 0 Å². The molecule has 3 rings (SSSR count). The lowest BCUT2D eigenvalue weighted by molar-refractivity contribution is -0.138. The van der Waals surface area contributed by atoms with Crippen molar-refractivity contribution in [1.29, 1.82) is 0 Å². The van der Waals surface area contributed by atoms with Gasteiger partial charge in [0.05, 0.1) is 11.6 Å². The van der Waals surface area contributed by atoms with Crippen LogP contribution in [0.25, 0.3) is 0 Å². The van der Waals surface area contributed by atoms with E-state index >= 15 is 0 Å². The molecule has 1 aliphatic carbocycles. The quantitative estimate of drug-likeness (QED) is 0.880. The van der Waals surface area contributed by atoms with Gasteiger partial charge in [-0.25, -0.2) is 0 Å². The highest BCUT2D eigenvalue weighted by atomic mass is 19.4. The Labute approximate surface area is 121 Å². The topological polar surface area (TPSA) is 26.0 Å². The molecule has 0 aliphatic heterocycles. The normalized spacial score (nSPS) is 15.8. The van der Waals surface area contributed by atoms with Gasteiger partial charge in [0.2, 0.25) is 0 Å². The summed E-state index contributed by atoms with van der Waals surface area (Å²) in [7, 11) is 0. The van der Waals surface area contributed by atoms with Crippen LogP contribution >= 0.6 is 0 Å². The van der Waals surface area contributed by atoms with Crippen LogP contribution in [0.15, 0.2) is 42.5 Å². The third-order valence-corrected chi connectivity index (χ3v) is 4.08. The average Bonchev–Trinajstić information content (AvgIpc) is 2.93. The second-order valence-electron chi connectivity index (χ2n) is 5.44. The maximum Gasteiger partial charge on any atom is 0.416 e. The molecule has 0 fully saturated rings. The van der Waals surface area contributed by atoms with E-state index in [-0.39, 0.29) is 5.56 Å². The molecule has 0 spiro atoms. The maximum absolute atomic E-state index is 13.1. The summed E-state index contributed by atoms with van der Waals surface area (Å²) in [6.07, 6.45) is -1.25. The highest BCUT2D eigenvalue weighted by Gasteiger charge is 2.34. The zero-order chi connectivity index (χ0) is 15.0. The maximum atomic E-state index is 13.1. The fraction of sp³-hybridized carbons (Fsp3) is 0.294. The minimum absolute atomic E-state index is 0.128. The molecule has 0 saturated heterocycles. The van der Waals surface area contributed by atoms with E-state index in [1.807, 2.05) is 18.2 Å². The summed E-state index contributed by atoms with van der Waals surface area (Å²) in [5.74, 6) is 0. The summed E-state index contributed by atoms with van der Waals surface area (Å²) in [6, 6.07) is 10.6. The number of alkyl halides is 3. The molecule has 2 N–H and O–H groups in total. The molecule has 2 aromatic carbocycles. The lowest BCUT2D eigenvalue weighted by Crippen LogP contribution is -2.18. The van der Waals surface area contributed by atoms with E-state index in [0.717, 1.165) is 30.9 Å². The molecule has 0 amide bonds. The van der Waals surface area contributed by atoms with Crippen LogP contribution in [0.5, 0.6) is 0 Å². The molecule has 1 nitrogen and oxygen atoms in total. The molecule has 0 saturated carbocycles. The highest BCUT2D eigenvalue weighted by molar-refractivity contribution is 5.42. The number of hydrogen-bond donors (Lipinski definition) is 1. The summed E-state index contributed by atoms with van der Waals surface area (Å²) < 4.78 is 39.3. The van der Waals surface area contributed by atoms with E-state index in [2.05, 4.69) is 0 Å². The van der Waals surface area contributed by atoms with E-state index in [4.69, 9.17) is 5.73 Å². The molecule has 0 bridgehead atoms. The van der Waals surface area contributed by atoms with Crippen LogP contribution in [0.4, 0.5) is 13.2 Å². The summed E-state index contributed by atoms with van der Waals surface area (Å²) in [5, 5.41) is 0. The van der Waals surface area contributed by atoms with Crippen LogP contribution in [-0.2, 0) is 19.0 Å². The minimum Gasteiger partial charge on any atom is -0.320 e. The van der Waals surface area contributed by atoms with Gasteiger partial charge in [-0.15, -0.1) is 0 Å². The Balaban J connectivity index is 2.01. The van der Waals surface area contributed by atoms with Crippen LogP contribution in [0.1, 0.15) is 40.3 Å². The predicted octanol–water partition coefficient (Wildman–Crippen LogP) is 4.24. The van der Waals surface area contributed by atoms with Crippen molar-refractivity contribution in [2.45, 2.75) is 31.5 Å². The first kappa shape index (κ1) is 14.1. The Morgan fingerprint density at radius 1 is 0.952 bits per heavy atom. The van der Waals surface area contributed by atoms with Gasteiger partial charge in [-0.1, -0.05) is 36.4 Å². The van der Waals surface area contributed by atoms with Gasteiger partial charge in [-0.05, 0) is 47.6 Å². The number of aryl methyl sites for hydroxylation is 2.